The Kier molecular flexibility index (Phi) is 4.24. The number of halogens is 2. The van der Waals surface area contributed by atoms with E-state index in [1.165, 1.54) is 12.1 Å². The van der Waals surface area contributed by atoms with Gasteiger partial charge in [-0.15, -0.1) is 11.6 Å². The average Bonchev–Trinajstić information content (AvgIpc) is 2.78. The summed E-state index contributed by atoms with van der Waals surface area (Å²) < 4.78 is 18.3. The monoisotopic (exact) mass is 257 g/mol. The molecule has 0 aliphatic carbocycles. The lowest BCUT2D eigenvalue weighted by Gasteiger charge is -2.21. The van der Waals surface area contributed by atoms with Crippen molar-refractivity contribution in [3.8, 4) is 0 Å². The van der Waals surface area contributed by atoms with E-state index < -0.39 is 0 Å². The molecule has 17 heavy (non-hydrogen) atoms. The highest BCUT2D eigenvalue weighted by Gasteiger charge is 2.24. The fraction of sp³-hybridized carbons (Fsp3) is 0.538. The quantitative estimate of drug-likeness (QED) is 0.769. The molecule has 0 radical (unpaired) electrons. The van der Waals surface area contributed by atoms with Gasteiger partial charge in [0, 0.05) is 37.7 Å². The second-order valence-corrected chi connectivity index (χ2v) is 4.73. The van der Waals surface area contributed by atoms with E-state index in [0.29, 0.717) is 11.8 Å². The van der Waals surface area contributed by atoms with Gasteiger partial charge in [0.25, 0.3) is 0 Å². The Balaban J connectivity index is 2.12. The van der Waals surface area contributed by atoms with Crippen molar-refractivity contribution in [2.75, 3.05) is 31.7 Å². The summed E-state index contributed by atoms with van der Waals surface area (Å²) in [4.78, 5) is 2.26. The van der Waals surface area contributed by atoms with Gasteiger partial charge in [0.15, 0.2) is 0 Å². The molecule has 1 atom stereocenters. The van der Waals surface area contributed by atoms with Gasteiger partial charge in [-0.25, -0.2) is 4.39 Å². The Morgan fingerprint density at radius 2 is 2.35 bits per heavy atom. The maximum Gasteiger partial charge on any atom is 0.123 e. The minimum Gasteiger partial charge on any atom is -0.384 e. The van der Waals surface area contributed by atoms with Gasteiger partial charge in [0.05, 0.1) is 6.61 Å². The maximum absolute atomic E-state index is 13.1. The topological polar surface area (TPSA) is 12.5 Å². The molecule has 1 aliphatic heterocycles. The van der Waals surface area contributed by atoms with Crippen LogP contribution in [0.2, 0.25) is 0 Å². The Bertz CT molecular complexity index is 386. The van der Waals surface area contributed by atoms with Crippen LogP contribution in [0.4, 0.5) is 10.1 Å². The smallest absolute Gasteiger partial charge is 0.123 e. The Morgan fingerprint density at radius 1 is 1.53 bits per heavy atom. The Hall–Kier alpha value is -0.800. The summed E-state index contributed by atoms with van der Waals surface area (Å²) in [5.74, 6) is 0.684. The molecule has 2 rings (SSSR count). The first-order valence-corrected chi connectivity index (χ1v) is 6.36. The molecule has 0 bridgehead atoms. The van der Waals surface area contributed by atoms with Crippen LogP contribution in [-0.4, -0.2) is 26.8 Å². The van der Waals surface area contributed by atoms with Crippen LogP contribution in [0, 0.1) is 11.7 Å². The molecule has 2 nitrogen and oxygen atoms in total. The average molecular weight is 258 g/mol. The molecule has 1 aromatic rings. The molecule has 0 saturated carbocycles. The van der Waals surface area contributed by atoms with Gasteiger partial charge in [-0.1, -0.05) is 0 Å². The molecule has 4 heteroatoms. The second kappa shape index (κ2) is 5.69. The molecule has 0 N–H and O–H groups in total. The van der Waals surface area contributed by atoms with Crippen molar-refractivity contribution in [1.82, 2.24) is 0 Å². The zero-order valence-corrected chi connectivity index (χ0v) is 10.7. The highest BCUT2D eigenvalue weighted by atomic mass is 35.5. The zero-order valence-electron chi connectivity index (χ0n) is 9.96. The van der Waals surface area contributed by atoms with Crippen LogP contribution in [0.1, 0.15) is 12.0 Å². The number of anilines is 1. The minimum absolute atomic E-state index is 0.225. The minimum atomic E-state index is -0.225. The SMILES string of the molecule is COCC1CCN(c2ccc(F)cc2CCl)C1. The third kappa shape index (κ3) is 2.90. The first kappa shape index (κ1) is 12.7. The third-order valence-corrected chi connectivity index (χ3v) is 3.50. The summed E-state index contributed by atoms with van der Waals surface area (Å²) in [6.07, 6.45) is 1.12. The van der Waals surface area contributed by atoms with Crippen LogP contribution >= 0.6 is 11.6 Å². The van der Waals surface area contributed by atoms with Gasteiger partial charge >= 0.3 is 0 Å². The number of hydrogen-bond donors (Lipinski definition) is 0. The molecule has 1 unspecified atom stereocenters. The van der Waals surface area contributed by atoms with Crippen molar-refractivity contribution in [2.45, 2.75) is 12.3 Å². The van der Waals surface area contributed by atoms with Crippen LogP contribution < -0.4 is 4.90 Å². The molecule has 1 aromatic carbocycles. The Labute approximate surface area is 106 Å². The van der Waals surface area contributed by atoms with Gasteiger partial charge in [-0.05, 0) is 30.2 Å². The van der Waals surface area contributed by atoms with Crippen LogP contribution in [0.25, 0.3) is 0 Å². The van der Waals surface area contributed by atoms with Crippen LogP contribution in [0.3, 0.4) is 0 Å². The lowest BCUT2D eigenvalue weighted by molar-refractivity contribution is 0.161. The number of methoxy groups -OCH3 is 1. The van der Waals surface area contributed by atoms with Crippen molar-refractivity contribution < 1.29 is 9.13 Å². The van der Waals surface area contributed by atoms with E-state index >= 15 is 0 Å². The van der Waals surface area contributed by atoms with Crippen LogP contribution in [0.5, 0.6) is 0 Å². The van der Waals surface area contributed by atoms with Crippen molar-refractivity contribution in [1.29, 1.82) is 0 Å². The van der Waals surface area contributed by atoms with Crippen molar-refractivity contribution in [3.05, 3.63) is 29.6 Å². The lowest BCUT2D eigenvalue weighted by Crippen LogP contribution is -2.22. The molecule has 0 spiro atoms. The maximum atomic E-state index is 13.1. The standard InChI is InChI=1S/C13H17ClFNO/c1-17-9-10-4-5-16(8-10)13-3-2-12(15)6-11(13)7-14/h2-3,6,10H,4-5,7-9H2,1H3. The van der Waals surface area contributed by atoms with Crippen molar-refractivity contribution in [3.63, 3.8) is 0 Å². The van der Waals surface area contributed by atoms with Gasteiger partial charge in [-0.3, -0.25) is 0 Å². The zero-order chi connectivity index (χ0) is 12.3. The fourth-order valence-electron chi connectivity index (χ4n) is 2.39. The van der Waals surface area contributed by atoms with Gasteiger partial charge in [0.1, 0.15) is 5.82 Å². The summed E-state index contributed by atoms with van der Waals surface area (Å²) in [7, 11) is 1.73. The predicted octanol–water partition coefficient (Wildman–Crippen LogP) is 3.04. The van der Waals surface area contributed by atoms with E-state index in [4.69, 9.17) is 16.3 Å². The summed E-state index contributed by atoms with van der Waals surface area (Å²) in [6.45, 7) is 2.74. The molecule has 0 aromatic heterocycles. The summed E-state index contributed by atoms with van der Waals surface area (Å²) in [5.41, 5.74) is 1.92. The highest BCUT2D eigenvalue weighted by Crippen LogP contribution is 2.28. The van der Waals surface area contributed by atoms with E-state index in [-0.39, 0.29) is 5.82 Å². The lowest BCUT2D eigenvalue weighted by atomic mass is 10.1. The van der Waals surface area contributed by atoms with Crippen LogP contribution in [0.15, 0.2) is 18.2 Å². The number of benzene rings is 1. The Morgan fingerprint density at radius 3 is 3.06 bits per heavy atom. The fourth-order valence-corrected chi connectivity index (χ4v) is 2.61. The first-order valence-electron chi connectivity index (χ1n) is 5.83. The van der Waals surface area contributed by atoms with Gasteiger partial charge in [0.2, 0.25) is 0 Å². The van der Waals surface area contributed by atoms with Crippen molar-refractivity contribution >= 4 is 17.3 Å². The summed E-state index contributed by atoms with van der Waals surface area (Å²) in [6, 6.07) is 4.84. The van der Waals surface area contributed by atoms with E-state index in [0.717, 1.165) is 37.4 Å². The predicted molar refractivity (Wildman–Crippen MR) is 68.2 cm³/mol. The highest BCUT2D eigenvalue weighted by molar-refractivity contribution is 6.17. The van der Waals surface area contributed by atoms with Crippen molar-refractivity contribution in [2.24, 2.45) is 5.92 Å². The largest absolute Gasteiger partial charge is 0.384 e. The van der Waals surface area contributed by atoms with Crippen LogP contribution in [-0.2, 0) is 10.6 Å². The van der Waals surface area contributed by atoms with Gasteiger partial charge in [-0.2, -0.15) is 0 Å². The van der Waals surface area contributed by atoms with E-state index in [1.807, 2.05) is 6.07 Å². The summed E-state index contributed by atoms with van der Waals surface area (Å²) in [5, 5.41) is 0. The second-order valence-electron chi connectivity index (χ2n) is 4.46. The molecule has 1 heterocycles. The molecular formula is C13H17ClFNO. The van der Waals surface area contributed by atoms with E-state index in [2.05, 4.69) is 4.90 Å². The molecule has 1 aliphatic rings. The number of alkyl halides is 1. The normalized spacial score (nSPS) is 19.9. The number of rotatable bonds is 4. The molecule has 94 valence electrons. The van der Waals surface area contributed by atoms with Gasteiger partial charge < -0.3 is 9.64 Å². The molecule has 1 saturated heterocycles. The molecule has 1 fully saturated rings. The number of hydrogen-bond acceptors (Lipinski definition) is 2. The summed E-state index contributed by atoms with van der Waals surface area (Å²) >= 11 is 5.86. The number of ether oxygens (including phenoxy) is 1. The molecule has 0 amide bonds. The number of nitrogens with zero attached hydrogens (tertiary/aromatic N) is 1. The first-order chi connectivity index (χ1) is 8.24. The van der Waals surface area contributed by atoms with E-state index in [1.54, 1.807) is 7.11 Å². The van der Waals surface area contributed by atoms with E-state index in [9.17, 15) is 4.39 Å². The third-order valence-electron chi connectivity index (χ3n) is 3.21. The molecular weight excluding hydrogens is 241 g/mol.